The zero-order valence-corrected chi connectivity index (χ0v) is 16.8. The maximum Gasteiger partial charge on any atom is 0.270 e. The Morgan fingerprint density at radius 3 is 2.59 bits per heavy atom. The Labute approximate surface area is 171 Å². The topological polar surface area (TPSA) is 76.1 Å². The molecule has 0 fully saturated rings. The van der Waals surface area contributed by atoms with Crippen LogP contribution in [-0.2, 0) is 13.0 Å². The van der Waals surface area contributed by atoms with Gasteiger partial charge in [0, 0.05) is 24.3 Å². The highest BCUT2D eigenvalue weighted by atomic mass is 16.5. The third kappa shape index (κ3) is 6.04. The first-order valence-electron chi connectivity index (χ1n) is 9.69. The summed E-state index contributed by atoms with van der Waals surface area (Å²) in [6, 6.07) is 19.7. The number of para-hydroxylation sites is 1. The minimum atomic E-state index is -0.191. The van der Waals surface area contributed by atoms with Crippen LogP contribution in [0.2, 0.25) is 0 Å². The van der Waals surface area contributed by atoms with Gasteiger partial charge in [0.2, 0.25) is 5.95 Å². The van der Waals surface area contributed by atoms with Crippen molar-refractivity contribution in [2.24, 2.45) is 0 Å². The van der Waals surface area contributed by atoms with Crippen molar-refractivity contribution < 1.29 is 9.53 Å². The van der Waals surface area contributed by atoms with Crippen LogP contribution < -0.4 is 15.4 Å². The van der Waals surface area contributed by atoms with Gasteiger partial charge in [0.05, 0.1) is 7.11 Å². The van der Waals surface area contributed by atoms with Gasteiger partial charge in [-0.2, -0.15) is 0 Å². The van der Waals surface area contributed by atoms with Crippen molar-refractivity contribution in [3.8, 4) is 5.75 Å². The summed E-state index contributed by atoms with van der Waals surface area (Å²) in [4.78, 5) is 21.2. The Kier molecular flexibility index (Phi) is 7.16. The molecule has 3 aromatic rings. The fraction of sp³-hybridized carbons (Fsp3) is 0.261. The molecule has 2 aromatic carbocycles. The van der Waals surface area contributed by atoms with E-state index in [1.165, 1.54) is 5.56 Å². The van der Waals surface area contributed by atoms with Crippen LogP contribution in [0.1, 0.15) is 33.7 Å². The number of aromatic nitrogens is 2. The molecule has 3 rings (SSSR count). The Balaban J connectivity index is 1.55. The standard InChI is InChI=1S/C23H26N4O2/c1-17-15-20(22(28)24-14-8-11-18-9-4-3-5-10-18)27-23(26-17)25-16-19-12-6-7-13-21(19)29-2/h3-7,9-10,12-13,15H,8,11,14,16H2,1-2H3,(H,24,28)(H,25,26,27). The molecule has 6 heteroatoms. The zero-order valence-electron chi connectivity index (χ0n) is 16.8. The van der Waals surface area contributed by atoms with E-state index in [1.807, 2.05) is 49.4 Å². The number of nitrogens with one attached hydrogen (secondary N) is 2. The third-order valence-electron chi connectivity index (χ3n) is 4.49. The van der Waals surface area contributed by atoms with E-state index in [1.54, 1.807) is 13.2 Å². The smallest absolute Gasteiger partial charge is 0.270 e. The van der Waals surface area contributed by atoms with Crippen molar-refractivity contribution in [2.45, 2.75) is 26.3 Å². The van der Waals surface area contributed by atoms with Crippen LogP contribution in [-0.4, -0.2) is 29.5 Å². The summed E-state index contributed by atoms with van der Waals surface area (Å²) in [6.45, 7) is 2.95. The molecule has 2 N–H and O–H groups in total. The molecule has 0 aliphatic carbocycles. The summed E-state index contributed by atoms with van der Waals surface area (Å²) in [5.74, 6) is 1.03. The third-order valence-corrected chi connectivity index (χ3v) is 4.49. The summed E-state index contributed by atoms with van der Waals surface area (Å²) >= 11 is 0. The van der Waals surface area contributed by atoms with Crippen molar-refractivity contribution in [3.05, 3.63) is 83.2 Å². The fourth-order valence-electron chi connectivity index (χ4n) is 3.02. The predicted molar refractivity (Wildman–Crippen MR) is 114 cm³/mol. The highest BCUT2D eigenvalue weighted by Gasteiger charge is 2.11. The predicted octanol–water partition coefficient (Wildman–Crippen LogP) is 3.77. The number of methoxy groups -OCH3 is 1. The Morgan fingerprint density at radius 2 is 1.79 bits per heavy atom. The molecule has 0 saturated carbocycles. The van der Waals surface area contributed by atoms with Gasteiger partial charge in [-0.05, 0) is 37.5 Å². The van der Waals surface area contributed by atoms with Crippen molar-refractivity contribution in [2.75, 3.05) is 19.0 Å². The highest BCUT2D eigenvalue weighted by molar-refractivity contribution is 5.92. The van der Waals surface area contributed by atoms with Crippen molar-refractivity contribution in [1.29, 1.82) is 0 Å². The number of nitrogens with zero attached hydrogens (tertiary/aromatic N) is 2. The second-order valence-corrected chi connectivity index (χ2v) is 6.73. The number of carbonyl (C=O) groups excluding carboxylic acids is 1. The average molecular weight is 390 g/mol. The van der Waals surface area contributed by atoms with Gasteiger partial charge >= 0.3 is 0 Å². The lowest BCUT2D eigenvalue weighted by atomic mass is 10.1. The molecule has 0 radical (unpaired) electrons. The number of anilines is 1. The molecule has 6 nitrogen and oxygen atoms in total. The molecule has 0 bridgehead atoms. The van der Waals surface area contributed by atoms with E-state index in [4.69, 9.17) is 4.74 Å². The van der Waals surface area contributed by atoms with E-state index < -0.39 is 0 Å². The number of hydrogen-bond acceptors (Lipinski definition) is 5. The van der Waals surface area contributed by atoms with Crippen LogP contribution in [0.15, 0.2) is 60.7 Å². The van der Waals surface area contributed by atoms with E-state index in [9.17, 15) is 4.79 Å². The van der Waals surface area contributed by atoms with Gasteiger partial charge < -0.3 is 15.4 Å². The first kappa shape index (κ1) is 20.3. The molecular weight excluding hydrogens is 364 g/mol. The maximum absolute atomic E-state index is 12.5. The molecule has 0 unspecified atom stereocenters. The van der Waals surface area contributed by atoms with Crippen LogP contribution in [0.4, 0.5) is 5.95 Å². The molecule has 1 amide bonds. The minimum Gasteiger partial charge on any atom is -0.496 e. The first-order chi connectivity index (χ1) is 14.2. The fourth-order valence-corrected chi connectivity index (χ4v) is 3.02. The second kappa shape index (κ2) is 10.2. The second-order valence-electron chi connectivity index (χ2n) is 6.73. The van der Waals surface area contributed by atoms with Gasteiger partial charge in [-0.25, -0.2) is 9.97 Å². The first-order valence-corrected chi connectivity index (χ1v) is 9.69. The van der Waals surface area contributed by atoms with Gasteiger partial charge in [0.25, 0.3) is 5.91 Å². The lowest BCUT2D eigenvalue weighted by molar-refractivity contribution is 0.0948. The molecule has 1 aromatic heterocycles. The van der Waals surface area contributed by atoms with Gasteiger partial charge in [-0.3, -0.25) is 4.79 Å². The normalized spacial score (nSPS) is 10.4. The summed E-state index contributed by atoms with van der Waals surface area (Å²) < 4.78 is 5.36. The van der Waals surface area contributed by atoms with Gasteiger partial charge in [0.15, 0.2) is 0 Å². The molecule has 29 heavy (non-hydrogen) atoms. The zero-order chi connectivity index (χ0) is 20.5. The number of carbonyl (C=O) groups is 1. The number of rotatable bonds is 9. The molecule has 1 heterocycles. The molecule has 0 aliphatic heterocycles. The summed E-state index contributed by atoms with van der Waals surface area (Å²) in [7, 11) is 1.64. The molecule has 0 spiro atoms. The molecule has 0 atom stereocenters. The SMILES string of the molecule is COc1ccccc1CNc1nc(C)cc(C(=O)NCCCc2ccccc2)n1. The monoisotopic (exact) mass is 390 g/mol. The van der Waals surface area contributed by atoms with Crippen LogP contribution >= 0.6 is 0 Å². The molecule has 0 saturated heterocycles. The van der Waals surface area contributed by atoms with Crippen LogP contribution in [0.25, 0.3) is 0 Å². The molecule has 0 aliphatic rings. The quantitative estimate of drug-likeness (QED) is 0.544. The van der Waals surface area contributed by atoms with Crippen LogP contribution in [0.3, 0.4) is 0 Å². The summed E-state index contributed by atoms with van der Waals surface area (Å²) in [5, 5.41) is 6.12. The van der Waals surface area contributed by atoms with Gasteiger partial charge in [-0.1, -0.05) is 48.5 Å². The maximum atomic E-state index is 12.5. The van der Waals surface area contributed by atoms with Crippen molar-refractivity contribution in [3.63, 3.8) is 0 Å². The molecule has 150 valence electrons. The summed E-state index contributed by atoms with van der Waals surface area (Å²) in [5.41, 5.74) is 3.35. The Hall–Kier alpha value is -3.41. The van der Waals surface area contributed by atoms with Gasteiger partial charge in [-0.15, -0.1) is 0 Å². The highest BCUT2D eigenvalue weighted by Crippen LogP contribution is 2.18. The summed E-state index contributed by atoms with van der Waals surface area (Å²) in [6.07, 6.45) is 1.80. The number of amides is 1. The van der Waals surface area contributed by atoms with E-state index in [-0.39, 0.29) is 5.91 Å². The van der Waals surface area contributed by atoms with E-state index in [0.29, 0.717) is 24.7 Å². The number of benzene rings is 2. The Bertz CT molecular complexity index is 945. The van der Waals surface area contributed by atoms with Crippen molar-refractivity contribution >= 4 is 11.9 Å². The van der Waals surface area contributed by atoms with Crippen molar-refractivity contribution in [1.82, 2.24) is 15.3 Å². The average Bonchev–Trinajstić information content (AvgIpc) is 2.75. The van der Waals surface area contributed by atoms with E-state index >= 15 is 0 Å². The molecular formula is C23H26N4O2. The van der Waals surface area contributed by atoms with E-state index in [2.05, 4.69) is 32.7 Å². The lowest BCUT2D eigenvalue weighted by Crippen LogP contribution is -2.26. The van der Waals surface area contributed by atoms with Crippen LogP contribution in [0.5, 0.6) is 5.75 Å². The largest absolute Gasteiger partial charge is 0.496 e. The number of aryl methyl sites for hydroxylation is 2. The van der Waals surface area contributed by atoms with E-state index in [0.717, 1.165) is 29.8 Å². The van der Waals surface area contributed by atoms with Gasteiger partial charge in [0.1, 0.15) is 11.4 Å². The minimum absolute atomic E-state index is 0.191. The number of hydrogen-bond donors (Lipinski definition) is 2. The number of ether oxygens (including phenoxy) is 1. The Morgan fingerprint density at radius 1 is 1.03 bits per heavy atom. The lowest BCUT2D eigenvalue weighted by Gasteiger charge is -2.11. The van der Waals surface area contributed by atoms with Crippen LogP contribution in [0, 0.1) is 6.92 Å².